The molecule has 5 heteroatoms. The van der Waals surface area contributed by atoms with E-state index in [0.29, 0.717) is 5.02 Å². The summed E-state index contributed by atoms with van der Waals surface area (Å²) in [6, 6.07) is 13.2. The van der Waals surface area contributed by atoms with Gasteiger partial charge in [0, 0.05) is 11.1 Å². The first-order valence-electron chi connectivity index (χ1n) is 6.19. The number of hydrogen-bond acceptors (Lipinski definition) is 3. The minimum atomic E-state index is -3.46. The summed E-state index contributed by atoms with van der Waals surface area (Å²) in [5.74, 6) is -0.141. The normalized spacial score (nSPS) is 13.2. The molecule has 0 aliphatic heterocycles. The SMILES string of the molecule is Cc1ccccc1C(N)CS(=O)(=O)c1cccc(Cl)c1. The van der Waals surface area contributed by atoms with Gasteiger partial charge in [0.2, 0.25) is 0 Å². The Labute approximate surface area is 124 Å². The maximum atomic E-state index is 12.3. The molecular formula is C15H16ClNO2S. The predicted octanol–water partition coefficient (Wildman–Crippen LogP) is 3.12. The van der Waals surface area contributed by atoms with Crippen molar-refractivity contribution in [1.82, 2.24) is 0 Å². The molecule has 0 aliphatic rings. The van der Waals surface area contributed by atoms with Gasteiger partial charge in [-0.2, -0.15) is 0 Å². The van der Waals surface area contributed by atoms with Gasteiger partial charge in [0.05, 0.1) is 10.6 Å². The van der Waals surface area contributed by atoms with Gasteiger partial charge in [-0.1, -0.05) is 41.9 Å². The number of benzene rings is 2. The monoisotopic (exact) mass is 309 g/mol. The van der Waals surface area contributed by atoms with Crippen molar-refractivity contribution in [3.8, 4) is 0 Å². The largest absolute Gasteiger partial charge is 0.323 e. The maximum Gasteiger partial charge on any atom is 0.180 e. The van der Waals surface area contributed by atoms with E-state index in [9.17, 15) is 8.42 Å². The molecule has 0 aromatic heterocycles. The Bertz CT molecular complexity index is 713. The van der Waals surface area contributed by atoms with E-state index in [4.69, 9.17) is 17.3 Å². The second-order valence-corrected chi connectivity index (χ2v) is 7.17. The quantitative estimate of drug-likeness (QED) is 0.944. The molecule has 0 fully saturated rings. The highest BCUT2D eigenvalue weighted by atomic mass is 35.5. The lowest BCUT2D eigenvalue weighted by molar-refractivity contribution is 0.588. The maximum absolute atomic E-state index is 12.3. The molecule has 0 heterocycles. The van der Waals surface area contributed by atoms with Gasteiger partial charge >= 0.3 is 0 Å². The van der Waals surface area contributed by atoms with Crippen molar-refractivity contribution in [2.45, 2.75) is 17.9 Å². The van der Waals surface area contributed by atoms with Gasteiger partial charge in [0.1, 0.15) is 0 Å². The molecule has 2 aromatic rings. The molecule has 20 heavy (non-hydrogen) atoms. The van der Waals surface area contributed by atoms with E-state index < -0.39 is 15.9 Å². The molecule has 0 saturated heterocycles. The van der Waals surface area contributed by atoms with Crippen molar-refractivity contribution < 1.29 is 8.42 Å². The van der Waals surface area contributed by atoms with Crippen LogP contribution in [0.15, 0.2) is 53.4 Å². The van der Waals surface area contributed by atoms with Crippen LogP contribution < -0.4 is 5.73 Å². The van der Waals surface area contributed by atoms with Crippen LogP contribution in [0.25, 0.3) is 0 Å². The highest BCUT2D eigenvalue weighted by Gasteiger charge is 2.21. The van der Waals surface area contributed by atoms with Crippen LogP contribution in [-0.2, 0) is 9.84 Å². The number of halogens is 1. The van der Waals surface area contributed by atoms with Crippen LogP contribution in [0, 0.1) is 6.92 Å². The molecule has 2 N–H and O–H groups in total. The summed E-state index contributed by atoms with van der Waals surface area (Å²) in [6.07, 6.45) is 0. The van der Waals surface area contributed by atoms with Crippen LogP contribution in [0.4, 0.5) is 0 Å². The molecule has 0 bridgehead atoms. The van der Waals surface area contributed by atoms with Gasteiger partial charge in [-0.15, -0.1) is 0 Å². The molecule has 106 valence electrons. The minimum absolute atomic E-state index is 0.141. The van der Waals surface area contributed by atoms with Gasteiger partial charge in [0.15, 0.2) is 9.84 Å². The van der Waals surface area contributed by atoms with Gasteiger partial charge in [0.25, 0.3) is 0 Å². The fraction of sp³-hybridized carbons (Fsp3) is 0.200. The van der Waals surface area contributed by atoms with Gasteiger partial charge in [-0.05, 0) is 36.2 Å². The third-order valence-corrected chi connectivity index (χ3v) is 5.15. The van der Waals surface area contributed by atoms with Crippen LogP contribution in [0.1, 0.15) is 17.2 Å². The third kappa shape index (κ3) is 3.39. The van der Waals surface area contributed by atoms with E-state index in [1.54, 1.807) is 12.1 Å². The first-order valence-corrected chi connectivity index (χ1v) is 8.22. The predicted molar refractivity (Wildman–Crippen MR) is 81.6 cm³/mol. The Morgan fingerprint density at radius 2 is 1.85 bits per heavy atom. The van der Waals surface area contributed by atoms with E-state index in [0.717, 1.165) is 11.1 Å². The zero-order valence-corrected chi connectivity index (χ0v) is 12.7. The first-order chi connectivity index (χ1) is 9.40. The molecule has 1 atom stereocenters. The number of sulfone groups is 1. The lowest BCUT2D eigenvalue weighted by atomic mass is 10.0. The van der Waals surface area contributed by atoms with E-state index in [-0.39, 0.29) is 10.6 Å². The molecule has 0 radical (unpaired) electrons. The minimum Gasteiger partial charge on any atom is -0.323 e. The lowest BCUT2D eigenvalue weighted by Gasteiger charge is -2.15. The van der Waals surface area contributed by atoms with Crippen LogP contribution in [0.2, 0.25) is 5.02 Å². The summed E-state index contributed by atoms with van der Waals surface area (Å²) in [4.78, 5) is 0.203. The Kier molecular flexibility index (Phi) is 4.48. The summed E-state index contributed by atoms with van der Waals surface area (Å²) in [5.41, 5.74) is 7.88. The Morgan fingerprint density at radius 3 is 2.50 bits per heavy atom. The lowest BCUT2D eigenvalue weighted by Crippen LogP contribution is -2.22. The van der Waals surface area contributed by atoms with Crippen LogP contribution in [0.5, 0.6) is 0 Å². The second kappa shape index (κ2) is 5.95. The van der Waals surface area contributed by atoms with Crippen molar-refractivity contribution >= 4 is 21.4 Å². The smallest absolute Gasteiger partial charge is 0.180 e. The summed E-state index contributed by atoms with van der Waals surface area (Å²) in [6.45, 7) is 1.92. The van der Waals surface area contributed by atoms with Gasteiger partial charge in [-0.3, -0.25) is 0 Å². The van der Waals surface area contributed by atoms with Crippen LogP contribution in [0.3, 0.4) is 0 Å². The fourth-order valence-electron chi connectivity index (χ4n) is 2.09. The fourth-order valence-corrected chi connectivity index (χ4v) is 3.78. The summed E-state index contributed by atoms with van der Waals surface area (Å²) in [7, 11) is -3.46. The van der Waals surface area contributed by atoms with Crippen molar-refractivity contribution in [1.29, 1.82) is 0 Å². The Morgan fingerprint density at radius 1 is 1.15 bits per heavy atom. The van der Waals surface area contributed by atoms with E-state index in [2.05, 4.69) is 0 Å². The van der Waals surface area contributed by atoms with Crippen LogP contribution in [-0.4, -0.2) is 14.2 Å². The number of nitrogens with two attached hydrogens (primary N) is 1. The average Bonchev–Trinajstić information content (AvgIpc) is 2.38. The topological polar surface area (TPSA) is 60.2 Å². The Hall–Kier alpha value is -1.36. The molecule has 0 spiro atoms. The molecule has 0 aliphatic carbocycles. The van der Waals surface area contributed by atoms with Gasteiger partial charge < -0.3 is 5.73 Å². The van der Waals surface area contributed by atoms with Crippen molar-refractivity contribution in [3.05, 3.63) is 64.7 Å². The van der Waals surface area contributed by atoms with Crippen LogP contribution >= 0.6 is 11.6 Å². The molecule has 2 aromatic carbocycles. The zero-order chi connectivity index (χ0) is 14.8. The summed E-state index contributed by atoms with van der Waals surface area (Å²) in [5, 5.41) is 0.399. The van der Waals surface area contributed by atoms with Crippen molar-refractivity contribution in [3.63, 3.8) is 0 Å². The standard InChI is InChI=1S/C15H16ClNO2S/c1-11-5-2-3-8-14(11)15(17)10-20(18,19)13-7-4-6-12(16)9-13/h2-9,15H,10,17H2,1H3. The second-order valence-electron chi connectivity index (χ2n) is 4.70. The van der Waals surface area contributed by atoms with E-state index in [1.165, 1.54) is 12.1 Å². The van der Waals surface area contributed by atoms with Gasteiger partial charge in [-0.25, -0.2) is 8.42 Å². The molecule has 1 unspecified atom stereocenters. The average molecular weight is 310 g/mol. The molecule has 3 nitrogen and oxygen atoms in total. The highest BCUT2D eigenvalue weighted by molar-refractivity contribution is 7.91. The number of aryl methyl sites for hydroxylation is 1. The van der Waals surface area contributed by atoms with Crippen molar-refractivity contribution in [2.24, 2.45) is 5.73 Å². The Balaban J connectivity index is 2.27. The highest BCUT2D eigenvalue weighted by Crippen LogP contribution is 2.22. The van der Waals surface area contributed by atoms with Crippen molar-refractivity contribution in [2.75, 3.05) is 5.75 Å². The molecule has 2 rings (SSSR count). The number of hydrogen-bond donors (Lipinski definition) is 1. The van der Waals surface area contributed by atoms with E-state index in [1.807, 2.05) is 31.2 Å². The molecule has 0 amide bonds. The number of rotatable bonds is 4. The molecule has 0 saturated carbocycles. The molecular weight excluding hydrogens is 294 g/mol. The third-order valence-electron chi connectivity index (χ3n) is 3.14. The zero-order valence-electron chi connectivity index (χ0n) is 11.1. The summed E-state index contributed by atoms with van der Waals surface area (Å²) < 4.78 is 24.7. The van der Waals surface area contributed by atoms with E-state index >= 15 is 0 Å². The first kappa shape index (κ1) is 15.0. The summed E-state index contributed by atoms with van der Waals surface area (Å²) >= 11 is 5.83.